The molecule has 0 saturated heterocycles. The van der Waals surface area contributed by atoms with Crippen molar-refractivity contribution in [2.75, 3.05) is 5.75 Å². The van der Waals surface area contributed by atoms with E-state index in [1.807, 2.05) is 18.2 Å². The normalized spacial score (nSPS) is 16.0. The summed E-state index contributed by atoms with van der Waals surface area (Å²) in [6, 6.07) is 15.3. The van der Waals surface area contributed by atoms with Crippen molar-refractivity contribution in [1.82, 2.24) is 4.57 Å². The number of benzene rings is 2. The van der Waals surface area contributed by atoms with Gasteiger partial charge in [-0.05, 0) is 39.8 Å². The Kier molecular flexibility index (Phi) is 4.56. The number of fused-ring (bicyclic) bond motifs is 2. The van der Waals surface area contributed by atoms with Crippen LogP contribution in [0.4, 0.5) is 0 Å². The standard InChI is InChI=1S/C22H21NO3S/c1-13(2)20-16(10-15-8-5-7-14-6-3-4-9-17(14)15)11-19(24)23-18(22(25)26)12-27-21(20)23/h3-9,11,13,18H,10,12H2,1-2H3,(H,25,26). The Morgan fingerprint density at radius 2 is 1.93 bits per heavy atom. The summed E-state index contributed by atoms with van der Waals surface area (Å²) >= 11 is 1.48. The molecule has 5 heteroatoms. The fourth-order valence-corrected chi connectivity index (χ4v) is 5.42. The molecule has 138 valence electrons. The van der Waals surface area contributed by atoms with Crippen molar-refractivity contribution in [2.24, 2.45) is 0 Å². The molecule has 1 aliphatic rings. The average molecular weight is 379 g/mol. The van der Waals surface area contributed by atoms with Crippen LogP contribution < -0.4 is 5.56 Å². The number of nitrogens with zero attached hydrogens (tertiary/aromatic N) is 1. The van der Waals surface area contributed by atoms with Crippen LogP contribution in [0.5, 0.6) is 0 Å². The highest BCUT2D eigenvalue weighted by atomic mass is 32.2. The zero-order valence-corrected chi connectivity index (χ0v) is 16.1. The largest absolute Gasteiger partial charge is 0.480 e. The van der Waals surface area contributed by atoms with Gasteiger partial charge in [-0.1, -0.05) is 56.3 Å². The van der Waals surface area contributed by atoms with Crippen LogP contribution in [-0.4, -0.2) is 21.4 Å². The number of thioether (sulfide) groups is 1. The van der Waals surface area contributed by atoms with E-state index in [1.165, 1.54) is 32.7 Å². The summed E-state index contributed by atoms with van der Waals surface area (Å²) in [5.74, 6) is -0.334. The number of hydrogen-bond donors (Lipinski definition) is 1. The minimum absolute atomic E-state index is 0.205. The molecule has 0 amide bonds. The van der Waals surface area contributed by atoms with Gasteiger partial charge in [-0.2, -0.15) is 0 Å². The van der Waals surface area contributed by atoms with Gasteiger partial charge < -0.3 is 5.11 Å². The summed E-state index contributed by atoms with van der Waals surface area (Å²) in [7, 11) is 0. The molecule has 0 fully saturated rings. The third-order valence-electron chi connectivity index (χ3n) is 5.14. The SMILES string of the molecule is CC(C)c1c(Cc2cccc3ccccc23)cc(=O)n2c1SCC2C(=O)O. The molecule has 1 atom stereocenters. The molecule has 0 bridgehead atoms. The van der Waals surface area contributed by atoms with Crippen LogP contribution in [0.15, 0.2) is 58.4 Å². The Morgan fingerprint density at radius 1 is 1.19 bits per heavy atom. The van der Waals surface area contributed by atoms with E-state index in [0.717, 1.165) is 16.2 Å². The van der Waals surface area contributed by atoms with Crippen LogP contribution >= 0.6 is 11.8 Å². The lowest BCUT2D eigenvalue weighted by Crippen LogP contribution is -2.29. The zero-order chi connectivity index (χ0) is 19.1. The number of rotatable bonds is 4. The summed E-state index contributed by atoms with van der Waals surface area (Å²) in [6.45, 7) is 4.20. The van der Waals surface area contributed by atoms with Gasteiger partial charge in [-0.15, -0.1) is 11.8 Å². The Bertz CT molecular complexity index is 1100. The van der Waals surface area contributed by atoms with E-state index in [0.29, 0.717) is 12.2 Å². The van der Waals surface area contributed by atoms with Gasteiger partial charge in [-0.25, -0.2) is 4.79 Å². The second-order valence-electron chi connectivity index (χ2n) is 7.23. The lowest BCUT2D eigenvalue weighted by molar-refractivity contribution is -0.140. The first-order valence-electron chi connectivity index (χ1n) is 9.08. The van der Waals surface area contributed by atoms with Crippen molar-refractivity contribution < 1.29 is 9.90 Å². The minimum Gasteiger partial charge on any atom is -0.480 e. The molecule has 0 spiro atoms. The van der Waals surface area contributed by atoms with Crippen molar-refractivity contribution in [3.05, 3.63) is 75.6 Å². The van der Waals surface area contributed by atoms with Gasteiger partial charge in [0.25, 0.3) is 5.56 Å². The van der Waals surface area contributed by atoms with Gasteiger partial charge in [-0.3, -0.25) is 9.36 Å². The lowest BCUT2D eigenvalue weighted by atomic mass is 9.92. The number of carboxylic acids is 1. The number of hydrogen-bond acceptors (Lipinski definition) is 3. The predicted molar refractivity (Wildman–Crippen MR) is 109 cm³/mol. The fourth-order valence-electron chi connectivity index (χ4n) is 3.94. The molecule has 4 nitrogen and oxygen atoms in total. The molecule has 0 radical (unpaired) electrons. The molecular weight excluding hydrogens is 358 g/mol. The second kappa shape index (κ2) is 6.89. The Hall–Kier alpha value is -2.53. The quantitative estimate of drug-likeness (QED) is 0.728. The molecule has 1 aromatic heterocycles. The molecule has 27 heavy (non-hydrogen) atoms. The molecule has 1 aliphatic heterocycles. The van der Waals surface area contributed by atoms with Gasteiger partial charge in [0.2, 0.25) is 0 Å². The van der Waals surface area contributed by atoms with Gasteiger partial charge in [0.15, 0.2) is 0 Å². The van der Waals surface area contributed by atoms with Gasteiger partial charge in [0.05, 0.1) is 5.03 Å². The summed E-state index contributed by atoms with van der Waals surface area (Å²) in [5.41, 5.74) is 3.05. The van der Waals surface area contributed by atoms with Crippen LogP contribution in [0.1, 0.15) is 42.5 Å². The maximum atomic E-state index is 12.8. The van der Waals surface area contributed by atoms with Crippen molar-refractivity contribution in [3.8, 4) is 0 Å². The van der Waals surface area contributed by atoms with E-state index in [2.05, 4.69) is 38.1 Å². The first-order valence-corrected chi connectivity index (χ1v) is 10.1. The van der Waals surface area contributed by atoms with E-state index in [1.54, 1.807) is 6.07 Å². The maximum absolute atomic E-state index is 12.8. The van der Waals surface area contributed by atoms with E-state index in [-0.39, 0.29) is 11.5 Å². The van der Waals surface area contributed by atoms with Crippen molar-refractivity contribution >= 4 is 28.5 Å². The number of aliphatic carboxylic acids is 1. The number of pyridine rings is 1. The number of carbonyl (C=O) groups is 1. The predicted octanol–water partition coefficient (Wildman–Crippen LogP) is 4.45. The van der Waals surface area contributed by atoms with E-state index >= 15 is 0 Å². The Morgan fingerprint density at radius 3 is 2.67 bits per heavy atom. The highest BCUT2D eigenvalue weighted by molar-refractivity contribution is 7.99. The van der Waals surface area contributed by atoms with Crippen LogP contribution in [-0.2, 0) is 11.2 Å². The average Bonchev–Trinajstić information content (AvgIpc) is 3.07. The van der Waals surface area contributed by atoms with Gasteiger partial charge in [0, 0.05) is 11.8 Å². The van der Waals surface area contributed by atoms with E-state index < -0.39 is 12.0 Å². The minimum atomic E-state index is -0.945. The molecular formula is C22H21NO3S. The summed E-state index contributed by atoms with van der Waals surface area (Å²) in [5, 5.41) is 12.6. The van der Waals surface area contributed by atoms with Gasteiger partial charge in [0.1, 0.15) is 6.04 Å². The molecule has 0 saturated carbocycles. The van der Waals surface area contributed by atoms with Crippen LogP contribution in [0.25, 0.3) is 10.8 Å². The molecule has 2 heterocycles. The molecule has 0 aliphatic carbocycles. The lowest BCUT2D eigenvalue weighted by Gasteiger charge is -2.19. The molecule has 3 aromatic rings. The number of carboxylic acid groups (broad SMARTS) is 1. The smallest absolute Gasteiger partial charge is 0.327 e. The van der Waals surface area contributed by atoms with Crippen molar-refractivity contribution in [1.29, 1.82) is 0 Å². The first-order chi connectivity index (χ1) is 13.0. The summed E-state index contributed by atoms with van der Waals surface area (Å²) in [4.78, 5) is 24.3. The van der Waals surface area contributed by atoms with E-state index in [9.17, 15) is 14.7 Å². The maximum Gasteiger partial charge on any atom is 0.327 e. The Labute approximate surface area is 161 Å². The highest BCUT2D eigenvalue weighted by Crippen LogP contribution is 2.39. The number of aromatic nitrogens is 1. The van der Waals surface area contributed by atoms with Crippen molar-refractivity contribution in [3.63, 3.8) is 0 Å². The van der Waals surface area contributed by atoms with Crippen LogP contribution in [0, 0.1) is 0 Å². The first kappa shape index (κ1) is 17.9. The zero-order valence-electron chi connectivity index (χ0n) is 15.3. The molecule has 1 unspecified atom stereocenters. The van der Waals surface area contributed by atoms with E-state index in [4.69, 9.17) is 0 Å². The molecule has 1 N–H and O–H groups in total. The molecule has 4 rings (SSSR count). The highest BCUT2D eigenvalue weighted by Gasteiger charge is 2.33. The monoisotopic (exact) mass is 379 g/mol. The fraction of sp³-hybridized carbons (Fsp3) is 0.273. The van der Waals surface area contributed by atoms with Crippen LogP contribution in [0.2, 0.25) is 0 Å². The summed E-state index contributed by atoms with van der Waals surface area (Å²) < 4.78 is 1.47. The van der Waals surface area contributed by atoms with Crippen molar-refractivity contribution in [2.45, 2.75) is 37.3 Å². The third-order valence-corrected chi connectivity index (χ3v) is 6.32. The Balaban J connectivity index is 1.88. The van der Waals surface area contributed by atoms with Crippen LogP contribution in [0.3, 0.4) is 0 Å². The van der Waals surface area contributed by atoms with Gasteiger partial charge >= 0.3 is 5.97 Å². The third kappa shape index (κ3) is 3.06. The molecule has 2 aromatic carbocycles. The second-order valence-corrected chi connectivity index (χ2v) is 8.24. The topological polar surface area (TPSA) is 59.3 Å². The summed E-state index contributed by atoms with van der Waals surface area (Å²) in [6.07, 6.45) is 0.663.